The molecule has 1 aliphatic rings. The fourth-order valence-electron chi connectivity index (χ4n) is 2.44. The molecule has 0 saturated heterocycles. The highest BCUT2D eigenvalue weighted by molar-refractivity contribution is 7.17. The van der Waals surface area contributed by atoms with Gasteiger partial charge in [0.05, 0.1) is 5.69 Å². The summed E-state index contributed by atoms with van der Waals surface area (Å²) in [6.45, 7) is 8.39. The van der Waals surface area contributed by atoms with Crippen molar-refractivity contribution in [2.75, 3.05) is 18.0 Å². The zero-order chi connectivity index (χ0) is 14.7. The van der Waals surface area contributed by atoms with Crippen LogP contribution in [0.2, 0.25) is 0 Å². The Balaban J connectivity index is 2.21. The van der Waals surface area contributed by atoms with Crippen LogP contribution in [-0.2, 0) is 0 Å². The van der Waals surface area contributed by atoms with Gasteiger partial charge in [0.1, 0.15) is 4.88 Å². The lowest BCUT2D eigenvalue weighted by atomic mass is 10.0. The predicted molar refractivity (Wildman–Crippen MR) is 83.0 cm³/mol. The van der Waals surface area contributed by atoms with Crippen molar-refractivity contribution in [3.05, 3.63) is 10.6 Å². The van der Waals surface area contributed by atoms with Gasteiger partial charge in [0.2, 0.25) is 0 Å². The van der Waals surface area contributed by atoms with Crippen molar-refractivity contribution in [3.8, 4) is 0 Å². The van der Waals surface area contributed by atoms with Crippen molar-refractivity contribution in [1.82, 2.24) is 4.98 Å². The Morgan fingerprint density at radius 1 is 1.40 bits per heavy atom. The van der Waals surface area contributed by atoms with E-state index in [0.717, 1.165) is 49.6 Å². The highest BCUT2D eigenvalue weighted by atomic mass is 32.1. The van der Waals surface area contributed by atoms with E-state index in [1.165, 1.54) is 11.3 Å². The Labute approximate surface area is 124 Å². The van der Waals surface area contributed by atoms with E-state index in [4.69, 9.17) is 0 Å². The summed E-state index contributed by atoms with van der Waals surface area (Å²) in [6, 6.07) is 0. The van der Waals surface area contributed by atoms with Crippen LogP contribution in [0.3, 0.4) is 0 Å². The van der Waals surface area contributed by atoms with Gasteiger partial charge in [0.25, 0.3) is 0 Å². The number of carbonyl (C=O) groups is 1. The van der Waals surface area contributed by atoms with Crippen LogP contribution in [0, 0.1) is 5.92 Å². The molecular formula is C15H24N2O2S. The number of aromatic nitrogens is 1. The van der Waals surface area contributed by atoms with E-state index in [1.807, 2.05) is 0 Å². The molecule has 4 nitrogen and oxygen atoms in total. The number of carboxylic acids is 1. The lowest BCUT2D eigenvalue weighted by Gasteiger charge is -2.24. The lowest BCUT2D eigenvalue weighted by molar-refractivity contribution is 0.0700. The van der Waals surface area contributed by atoms with Gasteiger partial charge >= 0.3 is 5.97 Å². The first-order valence-electron chi connectivity index (χ1n) is 7.59. The molecule has 1 aromatic heterocycles. The molecule has 0 atom stereocenters. The van der Waals surface area contributed by atoms with Crippen LogP contribution in [0.15, 0.2) is 0 Å². The number of carboxylic acid groups (broad SMARTS) is 1. The molecule has 2 rings (SSSR count). The molecule has 0 bridgehead atoms. The summed E-state index contributed by atoms with van der Waals surface area (Å²) in [5, 5.41) is 10.2. The fraction of sp³-hybridized carbons (Fsp3) is 0.733. The SMILES string of the molecule is CCC(CC)CN(CC)c1nc(C2CC2)c(C(=O)O)s1. The van der Waals surface area contributed by atoms with Crippen molar-refractivity contribution >= 4 is 22.4 Å². The summed E-state index contributed by atoms with van der Waals surface area (Å²) < 4.78 is 0. The molecule has 1 heterocycles. The second kappa shape index (κ2) is 6.57. The van der Waals surface area contributed by atoms with Crippen LogP contribution in [0.5, 0.6) is 0 Å². The average molecular weight is 296 g/mol. The van der Waals surface area contributed by atoms with Crippen molar-refractivity contribution < 1.29 is 9.90 Å². The van der Waals surface area contributed by atoms with Crippen molar-refractivity contribution in [3.63, 3.8) is 0 Å². The second-order valence-corrected chi connectivity index (χ2v) is 6.49. The Morgan fingerprint density at radius 2 is 2.05 bits per heavy atom. The Hall–Kier alpha value is -1.10. The molecule has 1 N–H and O–H groups in total. The minimum atomic E-state index is -0.825. The van der Waals surface area contributed by atoms with E-state index < -0.39 is 5.97 Å². The van der Waals surface area contributed by atoms with E-state index in [0.29, 0.717) is 16.7 Å². The van der Waals surface area contributed by atoms with Gasteiger partial charge in [0.15, 0.2) is 5.13 Å². The van der Waals surface area contributed by atoms with Crippen LogP contribution < -0.4 is 4.90 Å². The van der Waals surface area contributed by atoms with Crippen molar-refractivity contribution in [1.29, 1.82) is 0 Å². The van der Waals surface area contributed by atoms with E-state index in [2.05, 4.69) is 30.7 Å². The molecule has 1 saturated carbocycles. The lowest BCUT2D eigenvalue weighted by Crippen LogP contribution is -2.28. The number of hydrogen-bond donors (Lipinski definition) is 1. The number of anilines is 1. The Morgan fingerprint density at radius 3 is 2.50 bits per heavy atom. The van der Waals surface area contributed by atoms with Gasteiger partial charge < -0.3 is 10.0 Å². The summed E-state index contributed by atoms with van der Waals surface area (Å²) in [7, 11) is 0. The van der Waals surface area contributed by atoms with E-state index in [9.17, 15) is 9.90 Å². The third kappa shape index (κ3) is 3.32. The topological polar surface area (TPSA) is 53.4 Å². The van der Waals surface area contributed by atoms with E-state index in [-0.39, 0.29) is 0 Å². The molecule has 20 heavy (non-hydrogen) atoms. The Kier molecular flexibility index (Phi) is 5.02. The quantitative estimate of drug-likeness (QED) is 0.788. The minimum absolute atomic E-state index is 0.387. The van der Waals surface area contributed by atoms with Gasteiger partial charge in [-0.3, -0.25) is 0 Å². The van der Waals surface area contributed by atoms with Crippen LogP contribution >= 0.6 is 11.3 Å². The summed E-state index contributed by atoms with van der Waals surface area (Å²) in [5.41, 5.74) is 0.820. The maximum absolute atomic E-state index is 11.4. The van der Waals surface area contributed by atoms with Crippen LogP contribution in [0.25, 0.3) is 0 Å². The molecule has 5 heteroatoms. The van der Waals surface area contributed by atoms with Crippen molar-refractivity contribution in [2.24, 2.45) is 5.92 Å². The maximum Gasteiger partial charge on any atom is 0.347 e. The van der Waals surface area contributed by atoms with E-state index in [1.54, 1.807) is 0 Å². The highest BCUT2D eigenvalue weighted by Crippen LogP contribution is 2.44. The fourth-order valence-corrected chi connectivity index (χ4v) is 3.51. The first-order valence-corrected chi connectivity index (χ1v) is 8.41. The smallest absolute Gasteiger partial charge is 0.347 e. The van der Waals surface area contributed by atoms with Crippen LogP contribution in [0.4, 0.5) is 5.13 Å². The molecule has 0 unspecified atom stereocenters. The number of aromatic carboxylic acids is 1. The highest BCUT2D eigenvalue weighted by Gasteiger charge is 2.33. The number of nitrogens with zero attached hydrogens (tertiary/aromatic N) is 2. The maximum atomic E-state index is 11.4. The van der Waals surface area contributed by atoms with Gasteiger partial charge in [-0.05, 0) is 25.7 Å². The molecule has 1 fully saturated rings. The summed E-state index contributed by atoms with van der Waals surface area (Å²) in [5.74, 6) is 0.212. The van der Waals surface area contributed by atoms with Crippen LogP contribution in [-0.4, -0.2) is 29.1 Å². The second-order valence-electron chi connectivity index (χ2n) is 5.51. The largest absolute Gasteiger partial charge is 0.477 e. The van der Waals surface area contributed by atoms with E-state index >= 15 is 0 Å². The monoisotopic (exact) mass is 296 g/mol. The molecule has 0 spiro atoms. The molecule has 1 aromatic rings. The van der Waals surface area contributed by atoms with Gasteiger partial charge in [-0.2, -0.15) is 0 Å². The van der Waals surface area contributed by atoms with Crippen LogP contribution in [0.1, 0.15) is 67.7 Å². The van der Waals surface area contributed by atoms with Gasteiger partial charge in [-0.15, -0.1) is 0 Å². The third-order valence-corrected chi connectivity index (χ3v) is 5.21. The number of rotatable bonds is 8. The molecular weight excluding hydrogens is 272 g/mol. The molecule has 1 aliphatic carbocycles. The number of thiazole rings is 1. The van der Waals surface area contributed by atoms with Crippen molar-refractivity contribution in [2.45, 2.75) is 52.4 Å². The summed E-state index contributed by atoms with van der Waals surface area (Å²) in [4.78, 5) is 18.7. The molecule has 0 amide bonds. The summed E-state index contributed by atoms with van der Waals surface area (Å²) >= 11 is 1.35. The molecule has 112 valence electrons. The average Bonchev–Trinajstić information content (AvgIpc) is 3.19. The zero-order valence-electron chi connectivity index (χ0n) is 12.6. The van der Waals surface area contributed by atoms with Gasteiger partial charge in [-0.25, -0.2) is 9.78 Å². The summed E-state index contributed by atoms with van der Waals surface area (Å²) in [6.07, 6.45) is 4.48. The first-order chi connectivity index (χ1) is 9.60. The van der Waals surface area contributed by atoms with Gasteiger partial charge in [-0.1, -0.05) is 38.0 Å². The molecule has 0 aromatic carbocycles. The zero-order valence-corrected chi connectivity index (χ0v) is 13.4. The normalized spacial score (nSPS) is 14.8. The number of hydrogen-bond acceptors (Lipinski definition) is 4. The molecule has 0 radical (unpaired) electrons. The van der Waals surface area contributed by atoms with Gasteiger partial charge in [0, 0.05) is 19.0 Å². The molecule has 0 aliphatic heterocycles. The first kappa shape index (κ1) is 15.3. The minimum Gasteiger partial charge on any atom is -0.477 e. The standard InChI is InChI=1S/C15H24N2O2S/c1-4-10(5-2)9-17(6-3)15-16-12(11-7-8-11)13(20-15)14(18)19/h10-11H,4-9H2,1-3H3,(H,18,19). The Bertz CT molecular complexity index is 464. The third-order valence-electron chi connectivity index (χ3n) is 4.09. The predicted octanol–water partition coefficient (Wildman–Crippen LogP) is 3.98.